The first-order chi connectivity index (χ1) is 10.2. The number of nitrogens with zero attached hydrogens (tertiary/aromatic N) is 5. The van der Waals surface area contributed by atoms with Gasteiger partial charge >= 0.3 is 0 Å². The molecule has 0 aliphatic rings. The van der Waals surface area contributed by atoms with Crippen molar-refractivity contribution in [3.8, 4) is 0 Å². The second kappa shape index (κ2) is 5.65. The lowest BCUT2D eigenvalue weighted by Crippen LogP contribution is -2.08. The van der Waals surface area contributed by atoms with Crippen LogP contribution in [0.1, 0.15) is 17.6 Å². The maximum atomic E-state index is 4.51. The van der Waals surface area contributed by atoms with Crippen LogP contribution < -0.4 is 10.6 Å². The minimum Gasteiger partial charge on any atom is -0.362 e. The van der Waals surface area contributed by atoms with Gasteiger partial charge in [0.1, 0.15) is 17.0 Å². The largest absolute Gasteiger partial charge is 0.362 e. The zero-order valence-corrected chi connectivity index (χ0v) is 13.0. The van der Waals surface area contributed by atoms with Crippen LogP contribution in [0.3, 0.4) is 0 Å². The lowest BCUT2D eigenvalue weighted by Gasteiger charge is -2.08. The van der Waals surface area contributed by atoms with E-state index in [4.69, 9.17) is 0 Å². The minimum atomic E-state index is 0.572. The Balaban J connectivity index is 1.95. The summed E-state index contributed by atoms with van der Waals surface area (Å²) in [4.78, 5) is 11.3. The highest BCUT2D eigenvalue weighted by Gasteiger charge is 2.11. The van der Waals surface area contributed by atoms with E-state index < -0.39 is 0 Å². The average molecular weight is 303 g/mol. The summed E-state index contributed by atoms with van der Waals surface area (Å²) in [7, 11) is 3.74. The number of hydrogen-bond donors (Lipinski definition) is 2. The molecule has 0 unspecified atom stereocenters. The Labute approximate surface area is 126 Å². The molecule has 3 aromatic rings. The van der Waals surface area contributed by atoms with Crippen molar-refractivity contribution in [3.63, 3.8) is 0 Å². The Hall–Kier alpha value is -2.22. The summed E-state index contributed by atoms with van der Waals surface area (Å²) in [6, 6.07) is 2.15. The summed E-state index contributed by atoms with van der Waals surface area (Å²) in [5.41, 5.74) is 0. The maximum Gasteiger partial charge on any atom is 0.225 e. The van der Waals surface area contributed by atoms with Gasteiger partial charge in [0, 0.05) is 19.0 Å². The quantitative estimate of drug-likeness (QED) is 0.751. The molecule has 110 valence electrons. The van der Waals surface area contributed by atoms with E-state index in [2.05, 4.69) is 43.8 Å². The number of aromatic nitrogens is 5. The maximum absolute atomic E-state index is 4.51. The van der Waals surface area contributed by atoms with E-state index in [1.165, 1.54) is 4.88 Å². The third kappa shape index (κ3) is 2.66. The van der Waals surface area contributed by atoms with Crippen LogP contribution in [0.15, 0.2) is 12.4 Å². The van der Waals surface area contributed by atoms with Crippen LogP contribution in [-0.4, -0.2) is 31.8 Å². The third-order valence-electron chi connectivity index (χ3n) is 3.23. The lowest BCUT2D eigenvalue weighted by molar-refractivity contribution is 0.810. The van der Waals surface area contributed by atoms with Crippen LogP contribution in [0, 0.1) is 0 Å². The van der Waals surface area contributed by atoms with Crippen LogP contribution >= 0.6 is 11.3 Å². The van der Waals surface area contributed by atoms with Gasteiger partial charge in [-0.2, -0.15) is 4.98 Å². The number of fused-ring (bicyclic) bond motifs is 1. The van der Waals surface area contributed by atoms with Gasteiger partial charge in [0.2, 0.25) is 5.95 Å². The molecular formula is C13H17N7S. The number of nitrogens with one attached hydrogen (secondary N) is 2. The number of anilines is 2. The van der Waals surface area contributed by atoms with Crippen LogP contribution in [0.25, 0.3) is 10.2 Å². The van der Waals surface area contributed by atoms with Crippen molar-refractivity contribution in [2.45, 2.75) is 19.9 Å². The van der Waals surface area contributed by atoms with Gasteiger partial charge in [-0.25, -0.2) is 4.98 Å². The molecule has 7 nitrogen and oxygen atoms in total. The van der Waals surface area contributed by atoms with E-state index in [1.54, 1.807) is 17.7 Å². The van der Waals surface area contributed by atoms with Gasteiger partial charge in [0.15, 0.2) is 5.82 Å². The predicted octanol–water partition coefficient (Wildman–Crippen LogP) is 2.04. The smallest absolute Gasteiger partial charge is 0.225 e. The molecule has 3 rings (SSSR count). The zero-order valence-electron chi connectivity index (χ0n) is 12.2. The van der Waals surface area contributed by atoms with Crippen LogP contribution in [0.4, 0.5) is 11.8 Å². The fourth-order valence-electron chi connectivity index (χ4n) is 2.02. The molecule has 0 bridgehead atoms. The third-order valence-corrected chi connectivity index (χ3v) is 4.41. The normalized spacial score (nSPS) is 11.0. The van der Waals surface area contributed by atoms with Gasteiger partial charge in [-0.3, -0.25) is 0 Å². The van der Waals surface area contributed by atoms with E-state index in [1.807, 2.05) is 18.7 Å². The van der Waals surface area contributed by atoms with E-state index in [0.29, 0.717) is 12.5 Å². The van der Waals surface area contributed by atoms with Crippen molar-refractivity contribution >= 4 is 33.3 Å². The second-order valence-electron chi connectivity index (χ2n) is 4.64. The first kappa shape index (κ1) is 13.7. The molecule has 3 heterocycles. The molecule has 0 aliphatic carbocycles. The molecule has 0 spiro atoms. The Bertz CT molecular complexity index is 761. The molecule has 0 amide bonds. The van der Waals surface area contributed by atoms with Crippen molar-refractivity contribution in [1.82, 2.24) is 24.7 Å². The van der Waals surface area contributed by atoms with Crippen molar-refractivity contribution in [2.24, 2.45) is 7.05 Å². The predicted molar refractivity (Wildman–Crippen MR) is 84.7 cm³/mol. The van der Waals surface area contributed by atoms with Gasteiger partial charge in [0.25, 0.3) is 0 Å². The van der Waals surface area contributed by atoms with Crippen molar-refractivity contribution in [1.29, 1.82) is 0 Å². The Morgan fingerprint density at radius 2 is 2.19 bits per heavy atom. The highest BCUT2D eigenvalue weighted by atomic mass is 32.1. The molecule has 0 saturated heterocycles. The summed E-state index contributed by atoms with van der Waals surface area (Å²) in [6.45, 7) is 2.72. The summed E-state index contributed by atoms with van der Waals surface area (Å²) in [5, 5.41) is 15.3. The van der Waals surface area contributed by atoms with Gasteiger partial charge < -0.3 is 15.2 Å². The molecule has 0 aromatic carbocycles. The molecule has 21 heavy (non-hydrogen) atoms. The fraction of sp³-hybridized carbons (Fsp3) is 0.385. The summed E-state index contributed by atoms with van der Waals surface area (Å²) >= 11 is 1.70. The first-order valence-corrected chi connectivity index (χ1v) is 7.58. The molecule has 0 radical (unpaired) electrons. The molecule has 0 fully saturated rings. The Morgan fingerprint density at radius 3 is 2.86 bits per heavy atom. The minimum absolute atomic E-state index is 0.572. The number of aryl methyl sites for hydroxylation is 2. The Morgan fingerprint density at radius 1 is 1.33 bits per heavy atom. The molecule has 3 aromatic heterocycles. The first-order valence-electron chi connectivity index (χ1n) is 6.76. The number of thiophene rings is 1. The van der Waals surface area contributed by atoms with E-state index in [0.717, 1.165) is 28.3 Å². The van der Waals surface area contributed by atoms with Crippen molar-refractivity contribution in [2.75, 3.05) is 17.7 Å². The van der Waals surface area contributed by atoms with Crippen LogP contribution in [0.5, 0.6) is 0 Å². The summed E-state index contributed by atoms with van der Waals surface area (Å²) in [5.74, 6) is 2.30. The van der Waals surface area contributed by atoms with Crippen molar-refractivity contribution < 1.29 is 0 Å². The number of hydrogen-bond acceptors (Lipinski definition) is 7. The van der Waals surface area contributed by atoms with Crippen LogP contribution in [0.2, 0.25) is 0 Å². The highest BCUT2D eigenvalue weighted by molar-refractivity contribution is 7.18. The monoisotopic (exact) mass is 303 g/mol. The number of rotatable bonds is 5. The van der Waals surface area contributed by atoms with Gasteiger partial charge in [-0.05, 0) is 12.5 Å². The molecule has 8 heteroatoms. The lowest BCUT2D eigenvalue weighted by atomic mass is 10.3. The van der Waals surface area contributed by atoms with E-state index in [9.17, 15) is 0 Å². The molecule has 0 aliphatic heterocycles. The highest BCUT2D eigenvalue weighted by Crippen LogP contribution is 2.30. The van der Waals surface area contributed by atoms with Crippen molar-refractivity contribution in [3.05, 3.63) is 23.1 Å². The van der Waals surface area contributed by atoms with Gasteiger partial charge in [-0.15, -0.1) is 21.5 Å². The van der Waals surface area contributed by atoms with Crippen LogP contribution in [-0.2, 0) is 20.0 Å². The standard InChI is InChI=1S/C13H17N7S/c1-4-8-5-9-11(15-6-10-19-16-7-20(10)3)17-13(14-2)18-12(9)21-8/h5,7H,4,6H2,1-3H3,(H2,14,15,17,18). The molecule has 2 N–H and O–H groups in total. The summed E-state index contributed by atoms with van der Waals surface area (Å²) < 4.78 is 1.88. The van der Waals surface area contributed by atoms with E-state index in [-0.39, 0.29) is 0 Å². The topological polar surface area (TPSA) is 80.5 Å². The second-order valence-corrected chi connectivity index (χ2v) is 5.76. The van der Waals surface area contributed by atoms with E-state index >= 15 is 0 Å². The molecule has 0 atom stereocenters. The SMILES string of the molecule is CCc1cc2c(NCc3nncn3C)nc(NC)nc2s1. The van der Waals surface area contributed by atoms with Gasteiger partial charge in [-0.1, -0.05) is 6.92 Å². The fourth-order valence-corrected chi connectivity index (χ4v) is 2.99. The zero-order chi connectivity index (χ0) is 14.8. The molecular weight excluding hydrogens is 286 g/mol. The summed E-state index contributed by atoms with van der Waals surface area (Å²) in [6.07, 6.45) is 2.68. The Kier molecular flexibility index (Phi) is 3.70. The van der Waals surface area contributed by atoms with Gasteiger partial charge in [0.05, 0.1) is 11.9 Å². The molecule has 0 saturated carbocycles. The average Bonchev–Trinajstić information content (AvgIpc) is 3.10.